The Balaban J connectivity index is 0.00000312. The number of nitrogens with zero attached hydrogens (tertiary/aromatic N) is 2. The number of para-hydroxylation sites is 1. The minimum Gasteiger partial charge on any atom is -0.496 e. The Bertz CT molecular complexity index is 502. The predicted molar refractivity (Wildman–Crippen MR) is 116 cm³/mol. The molecule has 6 heteroatoms. The molecule has 0 saturated carbocycles. The molecule has 1 aliphatic heterocycles. The molecule has 0 aliphatic carbocycles. The van der Waals surface area contributed by atoms with Crippen molar-refractivity contribution in [3.63, 3.8) is 0 Å². The third-order valence-corrected chi connectivity index (χ3v) is 4.52. The second-order valence-corrected chi connectivity index (χ2v) is 6.24. The van der Waals surface area contributed by atoms with Crippen LogP contribution in [0.15, 0.2) is 29.3 Å². The molecule has 1 heterocycles. The van der Waals surface area contributed by atoms with E-state index < -0.39 is 0 Å². The third-order valence-electron chi connectivity index (χ3n) is 4.52. The third kappa shape index (κ3) is 8.27. The summed E-state index contributed by atoms with van der Waals surface area (Å²) in [5.41, 5.74) is 1.22. The van der Waals surface area contributed by atoms with Gasteiger partial charge in [-0.3, -0.25) is 4.99 Å². The topological polar surface area (TPSA) is 48.9 Å². The normalized spacial score (nSPS) is 15.8. The van der Waals surface area contributed by atoms with Crippen LogP contribution in [-0.2, 0) is 6.42 Å². The highest BCUT2D eigenvalue weighted by molar-refractivity contribution is 14.0. The van der Waals surface area contributed by atoms with Crippen molar-refractivity contribution in [2.75, 3.05) is 46.9 Å². The van der Waals surface area contributed by atoms with Gasteiger partial charge in [-0.15, -0.1) is 24.0 Å². The van der Waals surface area contributed by atoms with Gasteiger partial charge in [-0.1, -0.05) is 31.0 Å². The molecule has 142 valence electrons. The number of guanidine groups is 1. The average Bonchev–Trinajstić information content (AvgIpc) is 2.89. The Morgan fingerprint density at radius 3 is 2.44 bits per heavy atom. The lowest BCUT2D eigenvalue weighted by Gasteiger charge is -2.20. The Hall–Kier alpha value is -1.02. The zero-order chi connectivity index (χ0) is 17.0. The molecule has 0 spiro atoms. The first-order valence-corrected chi connectivity index (χ1v) is 9.12. The monoisotopic (exact) mass is 460 g/mol. The van der Waals surface area contributed by atoms with E-state index in [0.717, 1.165) is 37.8 Å². The molecular weight excluding hydrogens is 427 g/mol. The largest absolute Gasteiger partial charge is 0.496 e. The van der Waals surface area contributed by atoms with E-state index >= 15 is 0 Å². The van der Waals surface area contributed by atoms with Gasteiger partial charge in [0.15, 0.2) is 5.96 Å². The van der Waals surface area contributed by atoms with Crippen LogP contribution in [0.25, 0.3) is 0 Å². The molecule has 0 radical (unpaired) electrons. The summed E-state index contributed by atoms with van der Waals surface area (Å²) < 4.78 is 5.39. The molecule has 0 bridgehead atoms. The van der Waals surface area contributed by atoms with Crippen molar-refractivity contribution in [1.29, 1.82) is 0 Å². The fourth-order valence-corrected chi connectivity index (χ4v) is 3.14. The molecule has 1 aromatic carbocycles. The summed E-state index contributed by atoms with van der Waals surface area (Å²) in [6.45, 7) is 5.34. The number of hydrogen-bond donors (Lipinski definition) is 2. The van der Waals surface area contributed by atoms with E-state index in [1.54, 1.807) is 7.11 Å². The summed E-state index contributed by atoms with van der Waals surface area (Å²) >= 11 is 0. The maximum Gasteiger partial charge on any atom is 0.191 e. The first-order chi connectivity index (χ1) is 11.8. The second kappa shape index (κ2) is 13.2. The van der Waals surface area contributed by atoms with Gasteiger partial charge in [0, 0.05) is 26.7 Å². The molecule has 25 heavy (non-hydrogen) atoms. The number of methoxy groups -OCH3 is 1. The lowest BCUT2D eigenvalue weighted by molar-refractivity contribution is 0.289. The number of hydrogen-bond acceptors (Lipinski definition) is 3. The van der Waals surface area contributed by atoms with Gasteiger partial charge in [0.05, 0.1) is 7.11 Å². The summed E-state index contributed by atoms with van der Waals surface area (Å²) in [6, 6.07) is 8.16. The van der Waals surface area contributed by atoms with Crippen molar-refractivity contribution >= 4 is 29.9 Å². The SMILES string of the molecule is CN=C(NCCc1ccccc1OC)NCCN1CCCCCC1.I. The van der Waals surface area contributed by atoms with Crippen molar-refractivity contribution in [2.24, 2.45) is 4.99 Å². The van der Waals surface area contributed by atoms with E-state index in [4.69, 9.17) is 4.74 Å². The molecule has 5 nitrogen and oxygen atoms in total. The fraction of sp³-hybridized carbons (Fsp3) is 0.632. The number of halogens is 1. The first-order valence-electron chi connectivity index (χ1n) is 9.12. The highest BCUT2D eigenvalue weighted by Gasteiger charge is 2.08. The van der Waals surface area contributed by atoms with Gasteiger partial charge in [-0.05, 0) is 44.0 Å². The van der Waals surface area contributed by atoms with Crippen LogP contribution in [0.1, 0.15) is 31.2 Å². The van der Waals surface area contributed by atoms with Gasteiger partial charge in [0.2, 0.25) is 0 Å². The second-order valence-electron chi connectivity index (χ2n) is 6.24. The molecule has 0 amide bonds. The van der Waals surface area contributed by atoms with Crippen LogP contribution in [0.5, 0.6) is 5.75 Å². The molecule has 2 rings (SSSR count). The summed E-state index contributed by atoms with van der Waals surface area (Å²) in [4.78, 5) is 6.87. The van der Waals surface area contributed by atoms with Crippen LogP contribution in [0.2, 0.25) is 0 Å². The Morgan fingerprint density at radius 1 is 1.08 bits per heavy atom. The molecule has 1 aromatic rings. The number of likely N-dealkylation sites (tertiary alicyclic amines) is 1. The molecule has 0 aromatic heterocycles. The van der Waals surface area contributed by atoms with E-state index in [1.807, 2.05) is 25.2 Å². The molecule has 2 N–H and O–H groups in total. The number of ether oxygens (including phenoxy) is 1. The Kier molecular flexibility index (Phi) is 11.6. The number of rotatable bonds is 7. The van der Waals surface area contributed by atoms with Gasteiger partial charge in [-0.25, -0.2) is 0 Å². The van der Waals surface area contributed by atoms with E-state index in [2.05, 4.69) is 26.6 Å². The fourth-order valence-electron chi connectivity index (χ4n) is 3.14. The van der Waals surface area contributed by atoms with Crippen molar-refractivity contribution in [1.82, 2.24) is 15.5 Å². The molecule has 1 aliphatic rings. The highest BCUT2D eigenvalue weighted by Crippen LogP contribution is 2.17. The van der Waals surface area contributed by atoms with Gasteiger partial charge < -0.3 is 20.3 Å². The lowest BCUT2D eigenvalue weighted by atomic mass is 10.1. The quantitative estimate of drug-likeness (QED) is 0.373. The molecule has 0 unspecified atom stereocenters. The van der Waals surface area contributed by atoms with Crippen molar-refractivity contribution in [3.05, 3.63) is 29.8 Å². The van der Waals surface area contributed by atoms with Crippen molar-refractivity contribution in [3.8, 4) is 5.75 Å². The maximum absolute atomic E-state index is 5.39. The number of benzene rings is 1. The van der Waals surface area contributed by atoms with Crippen molar-refractivity contribution < 1.29 is 4.74 Å². The van der Waals surface area contributed by atoms with Crippen LogP contribution >= 0.6 is 24.0 Å². The minimum atomic E-state index is 0. The maximum atomic E-state index is 5.39. The Morgan fingerprint density at radius 2 is 1.76 bits per heavy atom. The zero-order valence-electron chi connectivity index (χ0n) is 15.6. The van der Waals surface area contributed by atoms with E-state index in [1.165, 1.54) is 44.3 Å². The summed E-state index contributed by atoms with van der Waals surface area (Å²) in [7, 11) is 3.54. The molecular formula is C19H33IN4O. The van der Waals surface area contributed by atoms with Crippen LogP contribution in [0.3, 0.4) is 0 Å². The van der Waals surface area contributed by atoms with Crippen molar-refractivity contribution in [2.45, 2.75) is 32.1 Å². The summed E-state index contributed by atoms with van der Waals surface area (Å²) in [5.74, 6) is 1.82. The smallest absolute Gasteiger partial charge is 0.191 e. The van der Waals surface area contributed by atoms with E-state index in [0.29, 0.717) is 0 Å². The average molecular weight is 460 g/mol. The van der Waals surface area contributed by atoms with E-state index in [9.17, 15) is 0 Å². The highest BCUT2D eigenvalue weighted by atomic mass is 127. The molecule has 0 atom stereocenters. The van der Waals surface area contributed by atoms with Crippen LogP contribution in [0.4, 0.5) is 0 Å². The van der Waals surface area contributed by atoms with Gasteiger partial charge in [0.1, 0.15) is 5.75 Å². The minimum absolute atomic E-state index is 0. The number of nitrogens with one attached hydrogen (secondary N) is 2. The lowest BCUT2D eigenvalue weighted by Crippen LogP contribution is -2.42. The molecule has 1 fully saturated rings. The van der Waals surface area contributed by atoms with Crippen LogP contribution in [-0.4, -0.2) is 57.7 Å². The number of aliphatic imine (C=N–C) groups is 1. The zero-order valence-corrected chi connectivity index (χ0v) is 17.9. The molecule has 1 saturated heterocycles. The van der Waals surface area contributed by atoms with Gasteiger partial charge >= 0.3 is 0 Å². The van der Waals surface area contributed by atoms with Crippen LogP contribution in [0, 0.1) is 0 Å². The summed E-state index contributed by atoms with van der Waals surface area (Å²) in [6.07, 6.45) is 6.36. The standard InChI is InChI=1S/C19H32N4O.HI/c1-20-19(22-13-16-23-14-7-3-4-8-15-23)21-12-11-17-9-5-6-10-18(17)24-2;/h5-6,9-10H,3-4,7-8,11-16H2,1-2H3,(H2,20,21,22);1H. The summed E-state index contributed by atoms with van der Waals surface area (Å²) in [5, 5.41) is 6.80. The van der Waals surface area contributed by atoms with E-state index in [-0.39, 0.29) is 24.0 Å². The van der Waals surface area contributed by atoms with Gasteiger partial charge in [-0.2, -0.15) is 0 Å². The Labute approximate surface area is 169 Å². The van der Waals surface area contributed by atoms with Gasteiger partial charge in [0.25, 0.3) is 0 Å². The predicted octanol–water partition coefficient (Wildman–Crippen LogP) is 2.90. The van der Waals surface area contributed by atoms with Crippen LogP contribution < -0.4 is 15.4 Å². The first kappa shape index (κ1) is 22.0.